The van der Waals surface area contributed by atoms with Crippen LogP contribution in [0.5, 0.6) is 5.75 Å². The van der Waals surface area contributed by atoms with Gasteiger partial charge in [-0.3, -0.25) is 0 Å². The first kappa shape index (κ1) is 8.61. The first-order valence-electron chi connectivity index (χ1n) is 4.81. The van der Waals surface area contributed by atoms with E-state index in [-0.39, 0.29) is 0 Å². The van der Waals surface area contributed by atoms with Gasteiger partial charge in [0.2, 0.25) is 0 Å². The number of benzene rings is 1. The van der Waals surface area contributed by atoms with E-state index in [1.807, 2.05) is 0 Å². The first-order chi connectivity index (χ1) is 6.31. The molecule has 1 heteroatoms. The Bertz CT molecular complexity index is 304. The van der Waals surface area contributed by atoms with E-state index in [1.54, 1.807) is 7.11 Å². The topological polar surface area (TPSA) is 9.23 Å². The first-order valence-corrected chi connectivity index (χ1v) is 4.81. The van der Waals surface area contributed by atoms with Gasteiger partial charge in [0, 0.05) is 5.92 Å². The van der Waals surface area contributed by atoms with Crippen LogP contribution in [0.25, 0.3) is 0 Å². The van der Waals surface area contributed by atoms with Crippen LogP contribution in [0, 0.1) is 5.92 Å². The molecule has 1 aliphatic rings. The highest BCUT2D eigenvalue weighted by Crippen LogP contribution is 2.32. The smallest absolute Gasteiger partial charge is 0.119 e. The minimum atomic E-state index is 0.972. The lowest BCUT2D eigenvalue weighted by atomic mass is 9.84. The molecule has 0 heterocycles. The van der Waals surface area contributed by atoms with Crippen LogP contribution in [-0.2, 0) is 6.42 Å². The summed E-state index contributed by atoms with van der Waals surface area (Å²) in [5.41, 5.74) is 2.88. The van der Waals surface area contributed by atoms with Crippen molar-refractivity contribution in [3.63, 3.8) is 0 Å². The molecule has 0 atom stereocenters. The zero-order valence-corrected chi connectivity index (χ0v) is 8.26. The quantitative estimate of drug-likeness (QED) is 0.637. The van der Waals surface area contributed by atoms with E-state index in [2.05, 4.69) is 25.1 Å². The summed E-state index contributed by atoms with van der Waals surface area (Å²) in [5, 5.41) is 0. The van der Waals surface area contributed by atoms with Crippen LogP contribution < -0.4 is 4.74 Å². The number of ether oxygens (including phenoxy) is 1. The van der Waals surface area contributed by atoms with Crippen molar-refractivity contribution in [1.82, 2.24) is 0 Å². The van der Waals surface area contributed by atoms with Crippen LogP contribution in [0.3, 0.4) is 0 Å². The van der Waals surface area contributed by atoms with E-state index in [0.717, 1.165) is 5.75 Å². The molecular weight excluding hydrogens is 160 g/mol. The molecular formula is C12H15O. The van der Waals surface area contributed by atoms with Gasteiger partial charge in [-0.15, -0.1) is 0 Å². The van der Waals surface area contributed by atoms with Gasteiger partial charge >= 0.3 is 0 Å². The Hall–Kier alpha value is -0.980. The van der Waals surface area contributed by atoms with Gasteiger partial charge in [-0.2, -0.15) is 0 Å². The molecule has 1 nitrogen and oxygen atoms in total. The lowest BCUT2D eigenvalue weighted by Crippen LogP contribution is -2.07. The Balaban J connectivity index is 2.41. The minimum absolute atomic E-state index is 0.972. The predicted molar refractivity (Wildman–Crippen MR) is 54.0 cm³/mol. The SMILES string of the molecule is COc1ccc2c(c1)[C](C)CCC2. The molecule has 0 saturated carbocycles. The van der Waals surface area contributed by atoms with Crippen molar-refractivity contribution in [2.75, 3.05) is 7.11 Å². The highest BCUT2D eigenvalue weighted by molar-refractivity contribution is 5.44. The molecule has 1 aromatic carbocycles. The fourth-order valence-electron chi connectivity index (χ4n) is 1.98. The van der Waals surface area contributed by atoms with E-state index in [9.17, 15) is 0 Å². The van der Waals surface area contributed by atoms with Gasteiger partial charge in [0.25, 0.3) is 0 Å². The molecule has 0 aromatic heterocycles. The molecule has 0 amide bonds. The summed E-state index contributed by atoms with van der Waals surface area (Å²) in [6, 6.07) is 6.40. The van der Waals surface area contributed by atoms with Crippen LogP contribution in [0.4, 0.5) is 0 Å². The number of fused-ring (bicyclic) bond motifs is 1. The maximum atomic E-state index is 5.22. The van der Waals surface area contributed by atoms with Gasteiger partial charge in [0.1, 0.15) is 5.75 Å². The van der Waals surface area contributed by atoms with Crippen molar-refractivity contribution in [3.8, 4) is 5.75 Å². The average molecular weight is 175 g/mol. The van der Waals surface area contributed by atoms with Crippen molar-refractivity contribution >= 4 is 0 Å². The molecule has 0 spiro atoms. The van der Waals surface area contributed by atoms with Crippen molar-refractivity contribution in [2.45, 2.75) is 26.2 Å². The largest absolute Gasteiger partial charge is 0.497 e. The summed E-state index contributed by atoms with van der Waals surface area (Å²) in [5.74, 6) is 2.47. The average Bonchev–Trinajstić information content (AvgIpc) is 2.18. The Morgan fingerprint density at radius 3 is 2.85 bits per heavy atom. The molecule has 1 aromatic rings. The van der Waals surface area contributed by atoms with Crippen molar-refractivity contribution in [3.05, 3.63) is 35.2 Å². The van der Waals surface area contributed by atoms with Crippen molar-refractivity contribution < 1.29 is 4.74 Å². The maximum absolute atomic E-state index is 5.22. The maximum Gasteiger partial charge on any atom is 0.119 e. The van der Waals surface area contributed by atoms with Gasteiger partial charge in [0.05, 0.1) is 7.11 Å². The summed E-state index contributed by atoms with van der Waals surface area (Å²) in [4.78, 5) is 0. The number of methoxy groups -OCH3 is 1. The fraction of sp³-hybridized carbons (Fsp3) is 0.417. The molecule has 0 fully saturated rings. The Morgan fingerprint density at radius 1 is 1.23 bits per heavy atom. The van der Waals surface area contributed by atoms with Crippen molar-refractivity contribution in [2.24, 2.45) is 0 Å². The van der Waals surface area contributed by atoms with Crippen LogP contribution in [-0.4, -0.2) is 7.11 Å². The summed E-state index contributed by atoms with van der Waals surface area (Å²) in [6.45, 7) is 2.22. The second kappa shape index (κ2) is 3.41. The normalized spacial score (nSPS) is 16.8. The second-order valence-electron chi connectivity index (χ2n) is 3.66. The van der Waals surface area contributed by atoms with E-state index < -0.39 is 0 Å². The molecule has 1 aliphatic carbocycles. The van der Waals surface area contributed by atoms with E-state index in [4.69, 9.17) is 4.74 Å². The van der Waals surface area contributed by atoms with Gasteiger partial charge in [-0.1, -0.05) is 13.0 Å². The Labute approximate surface area is 79.7 Å². The van der Waals surface area contributed by atoms with Crippen molar-refractivity contribution in [1.29, 1.82) is 0 Å². The fourth-order valence-corrected chi connectivity index (χ4v) is 1.98. The van der Waals surface area contributed by atoms with Gasteiger partial charge in [-0.05, 0) is 42.5 Å². The number of hydrogen-bond donors (Lipinski definition) is 0. The summed E-state index contributed by atoms with van der Waals surface area (Å²) < 4.78 is 5.22. The molecule has 0 saturated heterocycles. The molecule has 0 unspecified atom stereocenters. The molecule has 13 heavy (non-hydrogen) atoms. The van der Waals surface area contributed by atoms with Gasteiger partial charge < -0.3 is 4.74 Å². The molecule has 1 radical (unpaired) electrons. The number of rotatable bonds is 1. The third kappa shape index (κ3) is 1.55. The summed E-state index contributed by atoms with van der Waals surface area (Å²) in [7, 11) is 1.72. The van der Waals surface area contributed by atoms with Crippen LogP contribution in [0.1, 0.15) is 30.9 Å². The van der Waals surface area contributed by atoms with E-state index in [0.29, 0.717) is 0 Å². The molecule has 69 valence electrons. The Morgan fingerprint density at radius 2 is 2.08 bits per heavy atom. The van der Waals surface area contributed by atoms with Crippen LogP contribution in [0.15, 0.2) is 18.2 Å². The number of aryl methyl sites for hydroxylation is 1. The molecule has 0 bridgehead atoms. The van der Waals surface area contributed by atoms with Crippen LogP contribution >= 0.6 is 0 Å². The number of hydrogen-bond acceptors (Lipinski definition) is 1. The van der Waals surface area contributed by atoms with E-state index >= 15 is 0 Å². The highest BCUT2D eigenvalue weighted by Gasteiger charge is 2.16. The third-order valence-electron chi connectivity index (χ3n) is 2.77. The third-order valence-corrected chi connectivity index (χ3v) is 2.77. The lowest BCUT2D eigenvalue weighted by molar-refractivity contribution is 0.414. The van der Waals surface area contributed by atoms with E-state index in [1.165, 1.54) is 36.3 Å². The summed E-state index contributed by atoms with van der Waals surface area (Å²) in [6.07, 6.45) is 3.75. The zero-order chi connectivity index (χ0) is 9.26. The van der Waals surface area contributed by atoms with Gasteiger partial charge in [0.15, 0.2) is 0 Å². The highest BCUT2D eigenvalue weighted by atomic mass is 16.5. The zero-order valence-electron chi connectivity index (χ0n) is 8.26. The lowest BCUT2D eigenvalue weighted by Gasteiger charge is -2.22. The monoisotopic (exact) mass is 175 g/mol. The molecule has 0 aliphatic heterocycles. The van der Waals surface area contributed by atoms with Crippen LogP contribution in [0.2, 0.25) is 0 Å². The predicted octanol–water partition coefficient (Wildman–Crippen LogP) is 2.97. The Kier molecular flexibility index (Phi) is 2.26. The summed E-state index contributed by atoms with van der Waals surface area (Å²) >= 11 is 0. The second-order valence-corrected chi connectivity index (χ2v) is 3.66. The minimum Gasteiger partial charge on any atom is -0.497 e. The molecule has 2 rings (SSSR count). The standard InChI is InChI=1S/C12H15O/c1-9-4-3-5-10-6-7-11(13-2)8-12(9)10/h6-8H,3-5H2,1-2H3. The molecule has 0 N–H and O–H groups in total. The van der Waals surface area contributed by atoms with Gasteiger partial charge in [-0.25, -0.2) is 0 Å².